The number of piperidine rings is 1. The Morgan fingerprint density at radius 3 is 2.44 bits per heavy atom. The zero-order valence-electron chi connectivity index (χ0n) is 19.6. The summed E-state index contributed by atoms with van der Waals surface area (Å²) in [5.74, 6) is -0.0614. The maximum absolute atomic E-state index is 14.5. The number of rotatable bonds is 7. The van der Waals surface area contributed by atoms with Crippen molar-refractivity contribution in [1.29, 1.82) is 0 Å². The van der Waals surface area contributed by atoms with Crippen molar-refractivity contribution in [3.63, 3.8) is 0 Å². The number of hydrazone groups is 1. The summed E-state index contributed by atoms with van der Waals surface area (Å²) >= 11 is 0. The van der Waals surface area contributed by atoms with E-state index in [1.54, 1.807) is 32.2 Å². The smallest absolute Gasteiger partial charge is 0.309 e. The number of benzene rings is 2. The van der Waals surface area contributed by atoms with Crippen molar-refractivity contribution in [3.8, 4) is 5.75 Å². The number of carbonyl (C=O) groups is 2. The summed E-state index contributed by atoms with van der Waals surface area (Å²) < 4.78 is 24.9. The molecule has 0 bridgehead atoms. The largest absolute Gasteiger partial charge is 0.497 e. The monoisotopic (exact) mass is 467 g/mol. The second-order valence-corrected chi connectivity index (χ2v) is 8.56. The molecule has 34 heavy (non-hydrogen) atoms. The molecular formula is C26H30FN3O4. The zero-order valence-corrected chi connectivity index (χ0v) is 19.6. The Balaban J connectivity index is 1.50. The predicted octanol–water partition coefficient (Wildman–Crippen LogP) is 3.79. The minimum atomic E-state index is -0.356. The molecule has 1 amide bonds. The van der Waals surface area contributed by atoms with Gasteiger partial charge in [-0.15, -0.1) is 0 Å². The molecule has 8 heteroatoms. The third-order valence-corrected chi connectivity index (χ3v) is 6.42. The second kappa shape index (κ2) is 10.8. The summed E-state index contributed by atoms with van der Waals surface area (Å²) in [7, 11) is 1.60. The summed E-state index contributed by atoms with van der Waals surface area (Å²) in [5, 5.41) is 6.07. The molecule has 0 aromatic heterocycles. The number of halogens is 1. The van der Waals surface area contributed by atoms with Gasteiger partial charge in [0.15, 0.2) is 0 Å². The number of amides is 1. The summed E-state index contributed by atoms with van der Waals surface area (Å²) in [6.45, 7) is 3.65. The molecule has 0 spiro atoms. The van der Waals surface area contributed by atoms with E-state index in [2.05, 4.69) is 5.10 Å². The van der Waals surface area contributed by atoms with Crippen molar-refractivity contribution in [2.24, 2.45) is 11.0 Å². The van der Waals surface area contributed by atoms with Gasteiger partial charge in [0.05, 0.1) is 37.9 Å². The fraction of sp³-hybridized carbons (Fsp3) is 0.423. The van der Waals surface area contributed by atoms with Gasteiger partial charge >= 0.3 is 5.97 Å². The molecule has 0 aliphatic carbocycles. The highest BCUT2D eigenvalue weighted by atomic mass is 19.1. The van der Waals surface area contributed by atoms with E-state index in [0.29, 0.717) is 50.2 Å². The van der Waals surface area contributed by atoms with E-state index in [0.717, 1.165) is 11.3 Å². The highest BCUT2D eigenvalue weighted by molar-refractivity contribution is 6.03. The molecule has 2 heterocycles. The molecular weight excluding hydrogens is 437 g/mol. The van der Waals surface area contributed by atoms with Crippen molar-refractivity contribution in [2.45, 2.75) is 32.2 Å². The van der Waals surface area contributed by atoms with Gasteiger partial charge in [-0.25, -0.2) is 9.40 Å². The molecule has 0 unspecified atom stereocenters. The molecule has 1 saturated heterocycles. The fourth-order valence-corrected chi connectivity index (χ4v) is 4.53. The predicted molar refractivity (Wildman–Crippen MR) is 126 cm³/mol. The minimum Gasteiger partial charge on any atom is -0.497 e. The lowest BCUT2D eigenvalue weighted by molar-refractivity contribution is -0.149. The third-order valence-electron chi connectivity index (χ3n) is 6.42. The van der Waals surface area contributed by atoms with Crippen LogP contribution >= 0.6 is 0 Å². The second-order valence-electron chi connectivity index (χ2n) is 8.56. The quantitative estimate of drug-likeness (QED) is 0.580. The van der Waals surface area contributed by atoms with Gasteiger partial charge in [0.2, 0.25) is 0 Å². The van der Waals surface area contributed by atoms with E-state index in [4.69, 9.17) is 9.47 Å². The van der Waals surface area contributed by atoms with E-state index in [1.165, 1.54) is 11.1 Å². The lowest BCUT2D eigenvalue weighted by atomic mass is 9.96. The van der Waals surface area contributed by atoms with Crippen LogP contribution in [0.4, 0.5) is 4.39 Å². The standard InChI is InChI=1S/C26H30FN3O4/c1-3-34-26(32)19-12-14-29(15-13-19)17-25(31)30-24(18-8-10-20(33-2)11-9-18)16-23(28-30)21-6-4-5-7-22(21)27/h4-11,19,24H,3,12-17H2,1-2H3/t24-/m1/s1. The van der Waals surface area contributed by atoms with Crippen molar-refractivity contribution < 1.29 is 23.5 Å². The Kier molecular flexibility index (Phi) is 7.57. The van der Waals surface area contributed by atoms with Gasteiger partial charge in [0, 0.05) is 12.0 Å². The topological polar surface area (TPSA) is 71.4 Å². The highest BCUT2D eigenvalue weighted by Gasteiger charge is 2.35. The molecule has 2 aliphatic rings. The molecule has 1 atom stereocenters. The van der Waals surface area contributed by atoms with Crippen LogP contribution in [0.3, 0.4) is 0 Å². The maximum atomic E-state index is 14.5. The van der Waals surface area contributed by atoms with Crippen LogP contribution in [-0.2, 0) is 14.3 Å². The summed E-state index contributed by atoms with van der Waals surface area (Å²) in [4.78, 5) is 27.4. The molecule has 0 radical (unpaired) electrons. The SMILES string of the molecule is CCOC(=O)C1CCN(CC(=O)N2N=C(c3ccccc3F)C[C@@H]2c2ccc(OC)cc2)CC1. The van der Waals surface area contributed by atoms with E-state index in [1.807, 2.05) is 29.2 Å². The van der Waals surface area contributed by atoms with E-state index < -0.39 is 0 Å². The van der Waals surface area contributed by atoms with Gasteiger partial charge < -0.3 is 9.47 Å². The van der Waals surface area contributed by atoms with Gasteiger partial charge in [0.25, 0.3) is 5.91 Å². The van der Waals surface area contributed by atoms with Crippen LogP contribution < -0.4 is 4.74 Å². The number of carbonyl (C=O) groups excluding carboxylic acids is 2. The van der Waals surface area contributed by atoms with Crippen molar-refractivity contribution in [3.05, 3.63) is 65.5 Å². The Bertz CT molecular complexity index is 1050. The van der Waals surface area contributed by atoms with Crippen LogP contribution in [0.25, 0.3) is 0 Å². The molecule has 180 valence electrons. The van der Waals surface area contributed by atoms with Gasteiger partial charge in [-0.1, -0.05) is 30.3 Å². The summed E-state index contributed by atoms with van der Waals surface area (Å²) in [6, 6.07) is 13.7. The summed E-state index contributed by atoms with van der Waals surface area (Å²) in [6.07, 6.45) is 1.75. The van der Waals surface area contributed by atoms with Crippen LogP contribution in [0.15, 0.2) is 53.6 Å². The van der Waals surface area contributed by atoms with Gasteiger partial charge in [-0.2, -0.15) is 5.10 Å². The fourth-order valence-electron chi connectivity index (χ4n) is 4.53. The highest BCUT2D eigenvalue weighted by Crippen LogP contribution is 2.34. The number of methoxy groups -OCH3 is 1. The van der Waals surface area contributed by atoms with Crippen LogP contribution in [0.1, 0.15) is 43.4 Å². The Morgan fingerprint density at radius 1 is 1.09 bits per heavy atom. The average molecular weight is 468 g/mol. The van der Waals surface area contributed by atoms with Crippen molar-refractivity contribution in [2.75, 3.05) is 33.4 Å². The first-order chi connectivity index (χ1) is 16.5. The summed E-state index contributed by atoms with van der Waals surface area (Å²) in [5.41, 5.74) is 1.87. The Labute approximate surface area is 199 Å². The minimum absolute atomic E-state index is 0.115. The lowest BCUT2D eigenvalue weighted by Gasteiger charge is -2.32. The van der Waals surface area contributed by atoms with Crippen LogP contribution in [-0.4, -0.2) is 60.8 Å². The zero-order chi connectivity index (χ0) is 24.1. The molecule has 0 N–H and O–H groups in total. The first-order valence-electron chi connectivity index (χ1n) is 11.7. The number of esters is 1. The number of likely N-dealkylation sites (tertiary alicyclic amines) is 1. The van der Waals surface area contributed by atoms with Crippen molar-refractivity contribution in [1.82, 2.24) is 9.91 Å². The molecule has 2 aromatic rings. The first kappa shape index (κ1) is 23.9. The lowest BCUT2D eigenvalue weighted by Crippen LogP contribution is -2.43. The number of hydrogen-bond donors (Lipinski definition) is 0. The van der Waals surface area contributed by atoms with Crippen LogP contribution in [0.5, 0.6) is 5.75 Å². The normalized spacial score (nSPS) is 19.1. The Hall–Kier alpha value is -3.26. The van der Waals surface area contributed by atoms with Crippen molar-refractivity contribution >= 4 is 17.6 Å². The number of hydrogen-bond acceptors (Lipinski definition) is 6. The molecule has 2 aliphatic heterocycles. The molecule has 2 aromatic carbocycles. The van der Waals surface area contributed by atoms with E-state index >= 15 is 0 Å². The molecule has 0 saturated carbocycles. The maximum Gasteiger partial charge on any atom is 0.309 e. The third kappa shape index (κ3) is 5.28. The van der Waals surface area contributed by atoms with Gasteiger partial charge in [-0.3, -0.25) is 14.5 Å². The van der Waals surface area contributed by atoms with E-state index in [9.17, 15) is 14.0 Å². The molecule has 4 rings (SSSR count). The number of ether oxygens (including phenoxy) is 2. The van der Waals surface area contributed by atoms with Gasteiger partial charge in [-0.05, 0) is 56.6 Å². The number of nitrogens with zero attached hydrogens (tertiary/aromatic N) is 3. The first-order valence-corrected chi connectivity index (χ1v) is 11.7. The van der Waals surface area contributed by atoms with E-state index in [-0.39, 0.29) is 36.2 Å². The van der Waals surface area contributed by atoms with Crippen LogP contribution in [0.2, 0.25) is 0 Å². The molecule has 1 fully saturated rings. The van der Waals surface area contributed by atoms with Crippen LogP contribution in [0, 0.1) is 11.7 Å². The Morgan fingerprint density at radius 2 is 1.79 bits per heavy atom. The molecule has 7 nitrogen and oxygen atoms in total. The van der Waals surface area contributed by atoms with Gasteiger partial charge in [0.1, 0.15) is 11.6 Å². The average Bonchev–Trinajstić information content (AvgIpc) is 3.30.